The summed E-state index contributed by atoms with van der Waals surface area (Å²) in [5.41, 5.74) is 3.62. The number of benzene rings is 1. The van der Waals surface area contributed by atoms with Gasteiger partial charge in [0, 0.05) is 6.08 Å². The molecule has 1 aromatic carbocycles. The summed E-state index contributed by atoms with van der Waals surface area (Å²) in [4.78, 5) is 11.0. The van der Waals surface area contributed by atoms with Crippen LogP contribution in [-0.4, -0.2) is 19.7 Å². The van der Waals surface area contributed by atoms with Gasteiger partial charge in [-0.05, 0) is 63.5 Å². The first-order valence-electron chi connectivity index (χ1n) is 7.79. The first-order valence-corrected chi connectivity index (χ1v) is 7.79. The Bertz CT molecular complexity index is 573. The van der Waals surface area contributed by atoms with E-state index in [1.807, 2.05) is 24.3 Å². The van der Waals surface area contributed by atoms with Gasteiger partial charge in [-0.15, -0.1) is 0 Å². The molecule has 0 spiro atoms. The number of ether oxygens (including phenoxy) is 2. The summed E-state index contributed by atoms with van der Waals surface area (Å²) >= 11 is 0. The van der Waals surface area contributed by atoms with Crippen LogP contribution in [0.2, 0.25) is 0 Å². The van der Waals surface area contributed by atoms with Crippen LogP contribution in [0.3, 0.4) is 0 Å². The summed E-state index contributed by atoms with van der Waals surface area (Å²) in [5, 5.41) is 0. The van der Waals surface area contributed by atoms with Crippen molar-refractivity contribution in [3.8, 4) is 5.75 Å². The normalized spacial score (nSPS) is 11.4. The highest BCUT2D eigenvalue weighted by Crippen LogP contribution is 2.14. The monoisotopic (exact) mass is 314 g/mol. The van der Waals surface area contributed by atoms with E-state index in [1.165, 1.54) is 24.3 Å². The van der Waals surface area contributed by atoms with Gasteiger partial charge >= 0.3 is 5.97 Å². The number of carbonyl (C=O) groups excluding carboxylic acids is 1. The van der Waals surface area contributed by atoms with Crippen LogP contribution in [0.1, 0.15) is 39.2 Å². The van der Waals surface area contributed by atoms with Crippen molar-refractivity contribution in [2.75, 3.05) is 13.7 Å². The second-order valence-electron chi connectivity index (χ2n) is 5.61. The average molecular weight is 314 g/mol. The van der Waals surface area contributed by atoms with Crippen molar-refractivity contribution in [3.63, 3.8) is 0 Å². The van der Waals surface area contributed by atoms with Gasteiger partial charge in [-0.2, -0.15) is 0 Å². The molecular formula is C20H26O3. The Morgan fingerprint density at radius 3 is 2.39 bits per heavy atom. The first kappa shape index (κ1) is 18.8. The van der Waals surface area contributed by atoms with Crippen molar-refractivity contribution in [1.29, 1.82) is 0 Å². The number of esters is 1. The number of hydrogen-bond acceptors (Lipinski definition) is 3. The molecule has 0 bridgehead atoms. The summed E-state index contributed by atoms with van der Waals surface area (Å²) < 4.78 is 10.2. The number of carbonyl (C=O) groups is 1. The minimum Gasteiger partial charge on any atom is -0.490 e. The van der Waals surface area contributed by atoms with E-state index in [9.17, 15) is 4.79 Å². The van der Waals surface area contributed by atoms with E-state index in [-0.39, 0.29) is 5.97 Å². The zero-order chi connectivity index (χ0) is 17.1. The van der Waals surface area contributed by atoms with E-state index in [0.29, 0.717) is 6.61 Å². The molecule has 0 fully saturated rings. The second-order valence-corrected chi connectivity index (χ2v) is 5.61. The summed E-state index contributed by atoms with van der Waals surface area (Å²) in [6.45, 7) is 6.93. The van der Waals surface area contributed by atoms with Crippen LogP contribution < -0.4 is 4.74 Å². The van der Waals surface area contributed by atoms with Crippen LogP contribution in [-0.2, 0) is 9.53 Å². The van der Waals surface area contributed by atoms with Crippen LogP contribution in [0.15, 0.2) is 53.6 Å². The highest BCUT2D eigenvalue weighted by Gasteiger charge is 1.95. The van der Waals surface area contributed by atoms with E-state index in [0.717, 1.165) is 24.2 Å². The molecule has 0 saturated heterocycles. The van der Waals surface area contributed by atoms with E-state index in [4.69, 9.17) is 4.74 Å². The third-order valence-electron chi connectivity index (χ3n) is 3.27. The molecule has 3 nitrogen and oxygen atoms in total. The van der Waals surface area contributed by atoms with Crippen molar-refractivity contribution < 1.29 is 14.3 Å². The zero-order valence-electron chi connectivity index (χ0n) is 14.5. The van der Waals surface area contributed by atoms with Crippen molar-refractivity contribution >= 4 is 12.0 Å². The number of methoxy groups -OCH3 is 1. The fourth-order valence-corrected chi connectivity index (χ4v) is 1.88. The fraction of sp³-hybridized carbons (Fsp3) is 0.350. The van der Waals surface area contributed by atoms with Gasteiger partial charge in [0.1, 0.15) is 12.4 Å². The van der Waals surface area contributed by atoms with Gasteiger partial charge in [0.25, 0.3) is 0 Å². The van der Waals surface area contributed by atoms with E-state index >= 15 is 0 Å². The Kier molecular flexibility index (Phi) is 8.51. The zero-order valence-corrected chi connectivity index (χ0v) is 14.5. The smallest absolute Gasteiger partial charge is 0.330 e. The standard InChI is InChI=1S/C20H26O3/c1-16(2)6-5-7-17(3)14-15-23-19-11-8-18(9-12-19)10-13-20(21)22-4/h6,8-14H,5,7,15H2,1-4H3/b13-10?,17-14+. The third-order valence-corrected chi connectivity index (χ3v) is 3.27. The molecular weight excluding hydrogens is 288 g/mol. The molecule has 0 aliphatic carbocycles. The molecule has 0 N–H and O–H groups in total. The molecule has 0 atom stereocenters. The Hall–Kier alpha value is -2.29. The number of rotatable bonds is 8. The number of hydrogen-bond donors (Lipinski definition) is 0. The molecule has 0 radical (unpaired) electrons. The first-order chi connectivity index (χ1) is 11.0. The van der Waals surface area contributed by atoms with E-state index < -0.39 is 0 Å². The SMILES string of the molecule is COC(=O)C=Cc1ccc(OC/C=C(\C)CCC=C(C)C)cc1. The van der Waals surface area contributed by atoms with Gasteiger partial charge in [-0.25, -0.2) is 4.79 Å². The lowest BCUT2D eigenvalue weighted by molar-refractivity contribution is -0.134. The molecule has 0 aliphatic heterocycles. The topological polar surface area (TPSA) is 35.5 Å². The van der Waals surface area contributed by atoms with Crippen LogP contribution in [0.4, 0.5) is 0 Å². The van der Waals surface area contributed by atoms with Crippen LogP contribution in [0.25, 0.3) is 6.08 Å². The van der Waals surface area contributed by atoms with Crippen LogP contribution in [0, 0.1) is 0 Å². The van der Waals surface area contributed by atoms with Gasteiger partial charge in [-0.3, -0.25) is 0 Å². The predicted octanol–water partition coefficient (Wildman–Crippen LogP) is 4.94. The lowest BCUT2D eigenvalue weighted by Crippen LogP contribution is -1.95. The second kappa shape index (κ2) is 10.4. The average Bonchev–Trinajstić information content (AvgIpc) is 2.53. The minimum atomic E-state index is -0.362. The maximum atomic E-state index is 11.0. The lowest BCUT2D eigenvalue weighted by Gasteiger charge is -2.05. The van der Waals surface area contributed by atoms with Gasteiger partial charge in [-0.1, -0.05) is 29.4 Å². The van der Waals surface area contributed by atoms with E-state index in [1.54, 1.807) is 6.08 Å². The molecule has 0 amide bonds. The quantitative estimate of drug-likeness (QED) is 0.387. The lowest BCUT2D eigenvalue weighted by atomic mass is 10.1. The van der Waals surface area contributed by atoms with Crippen molar-refractivity contribution in [1.82, 2.24) is 0 Å². The van der Waals surface area contributed by atoms with E-state index in [2.05, 4.69) is 37.7 Å². The molecule has 0 heterocycles. The molecule has 1 rings (SSSR count). The molecule has 23 heavy (non-hydrogen) atoms. The molecule has 3 heteroatoms. The maximum absolute atomic E-state index is 11.0. The van der Waals surface area contributed by atoms with Gasteiger partial charge < -0.3 is 9.47 Å². The summed E-state index contributed by atoms with van der Waals surface area (Å²) in [6, 6.07) is 7.59. The summed E-state index contributed by atoms with van der Waals surface area (Å²) in [7, 11) is 1.36. The van der Waals surface area contributed by atoms with Crippen molar-refractivity contribution in [2.24, 2.45) is 0 Å². The fourth-order valence-electron chi connectivity index (χ4n) is 1.88. The van der Waals surface area contributed by atoms with Gasteiger partial charge in [0.15, 0.2) is 0 Å². The van der Waals surface area contributed by atoms with Gasteiger partial charge in [0.2, 0.25) is 0 Å². The highest BCUT2D eigenvalue weighted by molar-refractivity contribution is 5.86. The molecule has 1 aromatic rings. The Labute approximate surface area is 139 Å². The van der Waals surface area contributed by atoms with Crippen molar-refractivity contribution in [3.05, 3.63) is 59.2 Å². The Morgan fingerprint density at radius 2 is 1.78 bits per heavy atom. The predicted molar refractivity (Wildman–Crippen MR) is 95.4 cm³/mol. The molecule has 0 saturated carbocycles. The van der Waals surface area contributed by atoms with Crippen LogP contribution in [0.5, 0.6) is 5.75 Å². The molecule has 0 unspecified atom stereocenters. The van der Waals surface area contributed by atoms with Crippen LogP contribution >= 0.6 is 0 Å². The largest absolute Gasteiger partial charge is 0.490 e. The maximum Gasteiger partial charge on any atom is 0.330 e. The third kappa shape index (κ3) is 8.67. The Balaban J connectivity index is 2.42. The minimum absolute atomic E-state index is 0.362. The summed E-state index contributed by atoms with van der Waals surface area (Å²) in [6.07, 6.45) is 9.61. The highest BCUT2D eigenvalue weighted by atomic mass is 16.5. The van der Waals surface area contributed by atoms with Crippen molar-refractivity contribution in [2.45, 2.75) is 33.6 Å². The molecule has 0 aliphatic rings. The summed E-state index contributed by atoms with van der Waals surface area (Å²) in [5.74, 6) is 0.451. The van der Waals surface area contributed by atoms with Gasteiger partial charge in [0.05, 0.1) is 7.11 Å². The molecule has 124 valence electrons. The Morgan fingerprint density at radius 1 is 1.09 bits per heavy atom. The molecule has 0 aromatic heterocycles. The number of allylic oxidation sites excluding steroid dienone is 3.